The molecular weight excluding hydrogens is 389 g/mol. The summed E-state index contributed by atoms with van der Waals surface area (Å²) in [4.78, 5) is 13.4. The molecule has 2 atom stereocenters. The van der Waals surface area contributed by atoms with Crippen LogP contribution in [0.2, 0.25) is 10.0 Å². The topological polar surface area (TPSA) is 29.1 Å². The summed E-state index contributed by atoms with van der Waals surface area (Å²) in [6, 6.07) is 22.3. The summed E-state index contributed by atoms with van der Waals surface area (Å²) >= 11 is 12.1. The first-order valence-corrected chi connectivity index (χ1v) is 10.3. The molecule has 1 N–H and O–H groups in total. The molecule has 0 aromatic heterocycles. The van der Waals surface area contributed by atoms with Gasteiger partial charge in [-0.2, -0.15) is 0 Å². The lowest BCUT2D eigenvalue weighted by Crippen LogP contribution is -2.44. The van der Waals surface area contributed by atoms with Crippen molar-refractivity contribution in [2.75, 3.05) is 5.32 Å². The van der Waals surface area contributed by atoms with Crippen LogP contribution in [0.3, 0.4) is 0 Å². The van der Waals surface area contributed by atoms with Crippen molar-refractivity contribution in [3.8, 4) is 0 Å². The molecule has 0 radical (unpaired) electrons. The quantitative estimate of drug-likeness (QED) is 0.517. The number of fused-ring (bicyclic) bond motifs is 1. The summed E-state index contributed by atoms with van der Waals surface area (Å²) in [5, 5.41) is 3.99. The first kappa shape index (κ1) is 17.8. The number of benzene rings is 3. The van der Waals surface area contributed by atoms with Gasteiger partial charge in [0.1, 0.15) is 0 Å². The normalized spacial score (nSPS) is 24.4. The molecule has 2 nitrogen and oxygen atoms in total. The van der Waals surface area contributed by atoms with Crippen molar-refractivity contribution in [2.45, 2.75) is 18.8 Å². The number of nitrogens with one attached hydrogen (secondary N) is 1. The van der Waals surface area contributed by atoms with Crippen molar-refractivity contribution in [2.24, 2.45) is 11.8 Å². The molecular formula is C24H19Cl2NO. The fraction of sp³-hybridized carbons (Fsp3) is 0.208. The summed E-state index contributed by atoms with van der Waals surface area (Å²) in [5.74, 6) is 0.406. The number of hydrogen-bond donors (Lipinski definition) is 1. The maximum absolute atomic E-state index is 13.4. The third kappa shape index (κ3) is 2.59. The second-order valence-electron chi connectivity index (χ2n) is 7.72. The molecule has 4 heteroatoms. The number of amides is 1. The van der Waals surface area contributed by atoms with E-state index in [1.165, 1.54) is 22.3 Å². The van der Waals surface area contributed by atoms with Crippen LogP contribution in [-0.2, 0) is 4.79 Å². The molecule has 3 aromatic carbocycles. The van der Waals surface area contributed by atoms with Gasteiger partial charge in [-0.05, 0) is 46.4 Å². The van der Waals surface area contributed by atoms with Gasteiger partial charge in [-0.15, -0.1) is 0 Å². The summed E-state index contributed by atoms with van der Waals surface area (Å²) in [7, 11) is 0. The van der Waals surface area contributed by atoms with E-state index in [1.807, 2.05) is 0 Å². The van der Waals surface area contributed by atoms with Crippen LogP contribution in [0.5, 0.6) is 0 Å². The molecule has 0 saturated heterocycles. The van der Waals surface area contributed by atoms with E-state index in [4.69, 9.17) is 23.2 Å². The Morgan fingerprint density at radius 3 is 1.86 bits per heavy atom. The SMILES string of the molecule is C[C@@H]1C2c3ccccc3C(c3ccccc32)[C@@H]1C(=O)Nc1ccc(Cl)c(Cl)c1. The predicted octanol–water partition coefficient (Wildman–Crippen LogP) is 6.48. The molecule has 28 heavy (non-hydrogen) atoms. The van der Waals surface area contributed by atoms with Gasteiger partial charge in [0.2, 0.25) is 5.91 Å². The van der Waals surface area contributed by atoms with Crippen LogP contribution in [0.25, 0.3) is 0 Å². The minimum atomic E-state index is -0.135. The van der Waals surface area contributed by atoms with Gasteiger partial charge in [-0.25, -0.2) is 0 Å². The van der Waals surface area contributed by atoms with Crippen molar-refractivity contribution in [1.82, 2.24) is 0 Å². The number of carbonyl (C=O) groups excluding carboxylic acids is 1. The van der Waals surface area contributed by atoms with Crippen LogP contribution in [0.4, 0.5) is 5.69 Å². The Morgan fingerprint density at radius 2 is 1.32 bits per heavy atom. The van der Waals surface area contributed by atoms with Crippen molar-refractivity contribution < 1.29 is 4.79 Å². The lowest BCUT2D eigenvalue weighted by molar-refractivity contribution is -0.122. The van der Waals surface area contributed by atoms with E-state index in [0.29, 0.717) is 15.7 Å². The van der Waals surface area contributed by atoms with Gasteiger partial charge in [-0.3, -0.25) is 4.79 Å². The van der Waals surface area contributed by atoms with Crippen LogP contribution in [0, 0.1) is 11.8 Å². The Morgan fingerprint density at radius 1 is 0.786 bits per heavy atom. The van der Waals surface area contributed by atoms with Gasteiger partial charge in [0.15, 0.2) is 0 Å². The van der Waals surface area contributed by atoms with Crippen molar-refractivity contribution in [3.05, 3.63) is 99.0 Å². The molecule has 3 aromatic rings. The first-order chi connectivity index (χ1) is 13.6. The maximum atomic E-state index is 13.4. The second kappa shape index (κ2) is 6.65. The van der Waals surface area contributed by atoms with Gasteiger partial charge >= 0.3 is 0 Å². The van der Waals surface area contributed by atoms with E-state index < -0.39 is 0 Å². The molecule has 140 valence electrons. The Hall–Kier alpha value is -2.29. The molecule has 3 aliphatic rings. The molecule has 1 amide bonds. The Kier molecular flexibility index (Phi) is 4.22. The van der Waals surface area contributed by atoms with E-state index in [-0.39, 0.29) is 29.6 Å². The van der Waals surface area contributed by atoms with Gasteiger partial charge in [0.05, 0.1) is 16.0 Å². The summed E-state index contributed by atoms with van der Waals surface area (Å²) in [5.41, 5.74) is 5.95. The van der Waals surface area contributed by atoms with Crippen molar-refractivity contribution in [3.63, 3.8) is 0 Å². The van der Waals surface area contributed by atoms with E-state index in [0.717, 1.165) is 0 Å². The molecule has 3 aliphatic carbocycles. The monoisotopic (exact) mass is 407 g/mol. The van der Waals surface area contributed by atoms with Gasteiger partial charge in [0.25, 0.3) is 0 Å². The minimum Gasteiger partial charge on any atom is -0.326 e. The smallest absolute Gasteiger partial charge is 0.228 e. The zero-order chi connectivity index (χ0) is 19.4. The molecule has 0 fully saturated rings. The summed E-state index contributed by atoms with van der Waals surface area (Å²) in [6.45, 7) is 2.20. The first-order valence-electron chi connectivity index (χ1n) is 9.50. The van der Waals surface area contributed by atoms with Crippen molar-refractivity contribution in [1.29, 1.82) is 0 Å². The highest BCUT2D eigenvalue weighted by Crippen LogP contribution is 2.58. The third-order valence-corrected chi connectivity index (χ3v) is 7.01. The number of halogens is 2. The van der Waals surface area contributed by atoms with Crippen LogP contribution in [0.15, 0.2) is 66.7 Å². The van der Waals surface area contributed by atoms with E-state index in [2.05, 4.69) is 60.8 Å². The number of carbonyl (C=O) groups is 1. The highest BCUT2D eigenvalue weighted by molar-refractivity contribution is 6.42. The van der Waals surface area contributed by atoms with Crippen LogP contribution < -0.4 is 5.32 Å². The van der Waals surface area contributed by atoms with Crippen LogP contribution in [0.1, 0.15) is 41.0 Å². The Labute approximate surface area is 174 Å². The highest BCUT2D eigenvalue weighted by atomic mass is 35.5. The fourth-order valence-electron chi connectivity index (χ4n) is 5.14. The summed E-state index contributed by atoms with van der Waals surface area (Å²) < 4.78 is 0. The highest BCUT2D eigenvalue weighted by Gasteiger charge is 2.50. The van der Waals surface area contributed by atoms with Gasteiger partial charge < -0.3 is 5.32 Å². The number of hydrogen-bond acceptors (Lipinski definition) is 1. The Balaban J connectivity index is 1.57. The molecule has 0 unspecified atom stereocenters. The molecule has 2 bridgehead atoms. The fourth-order valence-corrected chi connectivity index (χ4v) is 5.44. The zero-order valence-electron chi connectivity index (χ0n) is 15.3. The van der Waals surface area contributed by atoms with E-state index >= 15 is 0 Å². The van der Waals surface area contributed by atoms with Crippen LogP contribution >= 0.6 is 23.2 Å². The molecule has 0 spiro atoms. The maximum Gasteiger partial charge on any atom is 0.228 e. The van der Waals surface area contributed by atoms with E-state index in [9.17, 15) is 4.79 Å². The van der Waals surface area contributed by atoms with Gasteiger partial charge in [0, 0.05) is 17.5 Å². The van der Waals surface area contributed by atoms with Gasteiger partial charge in [-0.1, -0.05) is 78.7 Å². The number of rotatable bonds is 2. The molecule has 0 aliphatic heterocycles. The number of anilines is 1. The van der Waals surface area contributed by atoms with E-state index in [1.54, 1.807) is 18.2 Å². The lowest BCUT2D eigenvalue weighted by Gasteiger charge is -2.49. The predicted molar refractivity (Wildman–Crippen MR) is 114 cm³/mol. The Bertz CT molecular complexity index is 1050. The summed E-state index contributed by atoms with van der Waals surface area (Å²) in [6.07, 6.45) is 0. The average Bonchev–Trinajstić information content (AvgIpc) is 2.70. The second-order valence-corrected chi connectivity index (χ2v) is 8.53. The lowest BCUT2D eigenvalue weighted by atomic mass is 9.54. The largest absolute Gasteiger partial charge is 0.326 e. The van der Waals surface area contributed by atoms with Crippen molar-refractivity contribution >= 4 is 34.8 Å². The molecule has 6 rings (SSSR count). The average molecular weight is 408 g/mol. The standard InChI is InChI=1S/C24H19Cl2NO/c1-13-21-15-6-2-4-8-17(15)23(18-9-5-3-7-16(18)21)22(13)24(28)27-14-10-11-19(25)20(26)12-14/h2-13,21-23H,1H3,(H,27,28)/t13-,21?,22-,23?/m1/s1. The minimum absolute atomic E-state index is 0.0323. The zero-order valence-corrected chi connectivity index (χ0v) is 16.8. The van der Waals surface area contributed by atoms with Crippen LogP contribution in [-0.4, -0.2) is 5.91 Å². The molecule has 0 heterocycles. The third-order valence-electron chi connectivity index (χ3n) is 6.27. The molecule has 0 saturated carbocycles.